The summed E-state index contributed by atoms with van der Waals surface area (Å²) in [6.45, 7) is 4.50. The largest absolute Gasteiger partial charge is 0.367 e. The molecule has 0 amide bonds. The number of sulfonamides is 1. The molecule has 2 aliphatic heterocycles. The van der Waals surface area contributed by atoms with Gasteiger partial charge < -0.3 is 4.90 Å². The summed E-state index contributed by atoms with van der Waals surface area (Å²) in [4.78, 5) is 2.80. The van der Waals surface area contributed by atoms with Gasteiger partial charge in [0.2, 0.25) is 10.0 Å². The van der Waals surface area contributed by atoms with E-state index < -0.39 is 10.0 Å². The SMILES string of the molecule is CC1CC2(CCC2)CN1S(=O)(=O)c1ccc2c(c1)CN(c1ccccc1)CC2. The third kappa shape index (κ3) is 2.96. The van der Waals surface area contributed by atoms with Crippen LogP contribution < -0.4 is 4.90 Å². The predicted octanol–water partition coefficient (Wildman–Crippen LogP) is 4.20. The van der Waals surface area contributed by atoms with Gasteiger partial charge in [-0.05, 0) is 73.4 Å². The lowest BCUT2D eigenvalue weighted by atomic mass is 9.68. The van der Waals surface area contributed by atoms with Crippen molar-refractivity contribution >= 4 is 15.7 Å². The molecule has 2 fully saturated rings. The molecule has 4 nitrogen and oxygen atoms in total. The fourth-order valence-corrected chi connectivity index (χ4v) is 7.12. The smallest absolute Gasteiger partial charge is 0.243 e. The van der Waals surface area contributed by atoms with E-state index in [0.717, 1.165) is 31.5 Å². The van der Waals surface area contributed by atoms with E-state index in [1.54, 1.807) is 4.31 Å². The van der Waals surface area contributed by atoms with Crippen LogP contribution in [0.4, 0.5) is 5.69 Å². The molecule has 148 valence electrons. The lowest BCUT2D eigenvalue weighted by Crippen LogP contribution is -2.37. The zero-order valence-electron chi connectivity index (χ0n) is 16.5. The van der Waals surface area contributed by atoms with Gasteiger partial charge in [0.05, 0.1) is 4.90 Å². The summed E-state index contributed by atoms with van der Waals surface area (Å²) in [5.41, 5.74) is 3.86. The molecule has 1 saturated heterocycles. The Morgan fingerprint density at radius 1 is 1.04 bits per heavy atom. The van der Waals surface area contributed by atoms with Crippen LogP contribution in [0.25, 0.3) is 0 Å². The summed E-state index contributed by atoms with van der Waals surface area (Å²) in [7, 11) is -3.44. The maximum Gasteiger partial charge on any atom is 0.243 e. The van der Waals surface area contributed by atoms with Crippen molar-refractivity contribution in [2.75, 3.05) is 18.0 Å². The van der Waals surface area contributed by atoms with Crippen LogP contribution in [0, 0.1) is 5.41 Å². The number of hydrogen-bond acceptors (Lipinski definition) is 3. The van der Waals surface area contributed by atoms with Crippen LogP contribution in [0.15, 0.2) is 53.4 Å². The number of hydrogen-bond donors (Lipinski definition) is 0. The van der Waals surface area contributed by atoms with Crippen LogP contribution in [0.5, 0.6) is 0 Å². The lowest BCUT2D eigenvalue weighted by molar-refractivity contribution is 0.152. The second-order valence-electron chi connectivity index (χ2n) is 8.89. The first-order valence-corrected chi connectivity index (χ1v) is 11.8. The first kappa shape index (κ1) is 18.2. The normalized spacial score (nSPS) is 24.2. The molecule has 0 N–H and O–H groups in total. The predicted molar refractivity (Wildman–Crippen MR) is 112 cm³/mol. The minimum absolute atomic E-state index is 0.0992. The maximum atomic E-state index is 13.4. The molecule has 1 aliphatic carbocycles. The number of para-hydroxylation sites is 1. The summed E-state index contributed by atoms with van der Waals surface area (Å²) in [5, 5.41) is 0. The highest BCUT2D eigenvalue weighted by Crippen LogP contribution is 2.51. The van der Waals surface area contributed by atoms with E-state index in [4.69, 9.17) is 0 Å². The van der Waals surface area contributed by atoms with Crippen molar-refractivity contribution in [3.8, 4) is 0 Å². The van der Waals surface area contributed by atoms with Gasteiger partial charge >= 0.3 is 0 Å². The molecule has 1 atom stereocenters. The van der Waals surface area contributed by atoms with Gasteiger partial charge in [0.25, 0.3) is 0 Å². The van der Waals surface area contributed by atoms with Gasteiger partial charge in [0, 0.05) is 31.4 Å². The third-order valence-corrected chi connectivity index (χ3v) is 9.00. The zero-order valence-corrected chi connectivity index (χ0v) is 17.3. The van der Waals surface area contributed by atoms with Gasteiger partial charge in [-0.2, -0.15) is 4.31 Å². The van der Waals surface area contributed by atoms with E-state index >= 15 is 0 Å². The summed E-state index contributed by atoms with van der Waals surface area (Å²) < 4.78 is 28.6. The van der Waals surface area contributed by atoms with Gasteiger partial charge in [0.15, 0.2) is 0 Å². The molecule has 1 unspecified atom stereocenters. The summed E-state index contributed by atoms with van der Waals surface area (Å²) >= 11 is 0. The Labute approximate surface area is 168 Å². The molecule has 2 aromatic rings. The Hall–Kier alpha value is -1.85. The van der Waals surface area contributed by atoms with Crippen LogP contribution >= 0.6 is 0 Å². The van der Waals surface area contributed by atoms with Gasteiger partial charge in [-0.1, -0.05) is 30.7 Å². The molecule has 28 heavy (non-hydrogen) atoms. The van der Waals surface area contributed by atoms with Gasteiger partial charge in [-0.15, -0.1) is 0 Å². The minimum Gasteiger partial charge on any atom is -0.367 e. The highest BCUT2D eigenvalue weighted by molar-refractivity contribution is 7.89. The Bertz CT molecular complexity index is 983. The van der Waals surface area contributed by atoms with Crippen molar-refractivity contribution in [1.82, 2.24) is 4.31 Å². The first-order valence-electron chi connectivity index (χ1n) is 10.4. The average molecular weight is 397 g/mol. The Kier molecular flexibility index (Phi) is 4.29. The Morgan fingerprint density at radius 2 is 1.82 bits per heavy atom. The van der Waals surface area contributed by atoms with E-state index in [2.05, 4.69) is 36.1 Å². The molecule has 1 saturated carbocycles. The van der Waals surface area contributed by atoms with Crippen LogP contribution in [0.3, 0.4) is 0 Å². The highest BCUT2D eigenvalue weighted by Gasteiger charge is 2.50. The third-order valence-electron chi connectivity index (χ3n) is 7.04. The maximum absolute atomic E-state index is 13.4. The Morgan fingerprint density at radius 3 is 2.50 bits per heavy atom. The fourth-order valence-electron chi connectivity index (χ4n) is 5.33. The molecule has 2 heterocycles. The van der Waals surface area contributed by atoms with E-state index in [1.807, 2.05) is 24.3 Å². The molecule has 3 aliphatic rings. The van der Waals surface area contributed by atoms with E-state index in [9.17, 15) is 8.42 Å². The minimum atomic E-state index is -3.44. The van der Waals surface area contributed by atoms with Crippen LogP contribution in [0.1, 0.15) is 43.7 Å². The molecule has 2 aromatic carbocycles. The molecule has 0 bridgehead atoms. The van der Waals surface area contributed by atoms with Gasteiger partial charge in [-0.25, -0.2) is 8.42 Å². The number of anilines is 1. The quantitative estimate of drug-likeness (QED) is 0.781. The monoisotopic (exact) mass is 396 g/mol. The summed E-state index contributed by atoms with van der Waals surface area (Å²) in [6, 6.07) is 16.3. The van der Waals surface area contributed by atoms with Crippen LogP contribution in [0.2, 0.25) is 0 Å². The van der Waals surface area contributed by atoms with Crippen molar-refractivity contribution in [1.29, 1.82) is 0 Å². The second-order valence-corrected chi connectivity index (χ2v) is 10.8. The van der Waals surface area contributed by atoms with Gasteiger partial charge in [0.1, 0.15) is 0 Å². The summed E-state index contributed by atoms with van der Waals surface area (Å²) in [6.07, 6.45) is 5.57. The molecular formula is C23H28N2O2S. The fraction of sp³-hybridized carbons (Fsp3) is 0.478. The molecule has 0 radical (unpaired) electrons. The van der Waals surface area contributed by atoms with Crippen molar-refractivity contribution in [2.45, 2.75) is 56.5 Å². The molecular weight excluding hydrogens is 368 g/mol. The number of fused-ring (bicyclic) bond motifs is 1. The van der Waals surface area contributed by atoms with Crippen LogP contribution in [-0.2, 0) is 23.0 Å². The van der Waals surface area contributed by atoms with Crippen molar-refractivity contribution in [3.63, 3.8) is 0 Å². The molecule has 5 heteroatoms. The van der Waals surface area contributed by atoms with E-state index in [1.165, 1.54) is 30.5 Å². The first-order chi connectivity index (χ1) is 13.5. The standard InChI is InChI=1S/C23H28N2O2S/c1-18-15-23(11-5-12-23)17-25(18)28(26,27)22-9-8-19-10-13-24(16-20(19)14-22)21-6-3-2-4-7-21/h2-4,6-9,14,18H,5,10-13,15-17H2,1H3. The molecule has 0 aromatic heterocycles. The average Bonchev–Trinajstić information content (AvgIpc) is 3.07. The van der Waals surface area contributed by atoms with Crippen molar-refractivity contribution in [2.24, 2.45) is 5.41 Å². The molecule has 1 spiro atoms. The van der Waals surface area contributed by atoms with Crippen molar-refractivity contribution < 1.29 is 8.42 Å². The number of benzene rings is 2. The number of rotatable bonds is 3. The van der Waals surface area contributed by atoms with E-state index in [0.29, 0.717) is 11.4 Å². The molecule has 5 rings (SSSR count). The topological polar surface area (TPSA) is 40.6 Å². The highest BCUT2D eigenvalue weighted by atomic mass is 32.2. The summed E-state index contributed by atoms with van der Waals surface area (Å²) in [5.74, 6) is 0. The van der Waals surface area contributed by atoms with Gasteiger partial charge in [-0.3, -0.25) is 0 Å². The number of nitrogens with zero attached hydrogens (tertiary/aromatic N) is 2. The second kappa shape index (κ2) is 6.60. The van der Waals surface area contributed by atoms with Crippen LogP contribution in [-0.4, -0.2) is 31.9 Å². The van der Waals surface area contributed by atoms with Crippen molar-refractivity contribution in [3.05, 3.63) is 59.7 Å². The van der Waals surface area contributed by atoms with E-state index in [-0.39, 0.29) is 11.5 Å². The zero-order chi connectivity index (χ0) is 19.4. The lowest BCUT2D eigenvalue weighted by Gasteiger charge is -2.38. The Balaban J connectivity index is 1.43.